The molecule has 0 aliphatic carbocycles. The van der Waals surface area contributed by atoms with Crippen molar-refractivity contribution < 1.29 is 14.3 Å². The van der Waals surface area contributed by atoms with E-state index in [1.54, 1.807) is 37.5 Å². The van der Waals surface area contributed by atoms with Crippen molar-refractivity contribution in [3.63, 3.8) is 0 Å². The summed E-state index contributed by atoms with van der Waals surface area (Å²) in [6, 6.07) is 5.20. The molecule has 0 aliphatic rings. The first-order chi connectivity index (χ1) is 8.17. The van der Waals surface area contributed by atoms with E-state index in [4.69, 9.17) is 4.74 Å². The van der Waals surface area contributed by atoms with E-state index in [-0.39, 0.29) is 5.91 Å². The average molecular weight is 233 g/mol. The summed E-state index contributed by atoms with van der Waals surface area (Å²) in [7, 11) is 1.57. The topological polar surface area (TPSA) is 55.4 Å². The molecule has 4 nitrogen and oxygen atoms in total. The summed E-state index contributed by atoms with van der Waals surface area (Å²) in [5.41, 5.74) is 1.36. The van der Waals surface area contributed by atoms with Crippen LogP contribution in [-0.2, 0) is 4.79 Å². The van der Waals surface area contributed by atoms with E-state index < -0.39 is 0 Å². The number of carbonyl (C=O) groups is 2. The van der Waals surface area contributed by atoms with Crippen molar-refractivity contribution in [2.24, 2.45) is 0 Å². The van der Waals surface area contributed by atoms with Gasteiger partial charge in [0.2, 0.25) is 5.91 Å². The largest absolute Gasteiger partial charge is 0.497 e. The highest BCUT2D eigenvalue weighted by Crippen LogP contribution is 2.17. The lowest BCUT2D eigenvalue weighted by Crippen LogP contribution is -2.19. The van der Waals surface area contributed by atoms with Crippen molar-refractivity contribution in [1.29, 1.82) is 0 Å². The maximum Gasteiger partial charge on any atom is 0.217 e. The number of rotatable bonds is 5. The summed E-state index contributed by atoms with van der Waals surface area (Å²) in [5, 5.41) is 2.64. The molecule has 0 saturated heterocycles. The van der Waals surface area contributed by atoms with Gasteiger partial charge in [0.25, 0.3) is 0 Å². The second-order valence-electron chi connectivity index (χ2n) is 3.45. The third-order valence-corrected chi connectivity index (χ3v) is 2.19. The molecule has 1 aromatic rings. The van der Waals surface area contributed by atoms with Gasteiger partial charge < -0.3 is 10.1 Å². The molecule has 0 bridgehead atoms. The van der Waals surface area contributed by atoms with Crippen LogP contribution >= 0.6 is 0 Å². The van der Waals surface area contributed by atoms with Gasteiger partial charge in [-0.1, -0.05) is 12.2 Å². The Morgan fingerprint density at radius 3 is 2.76 bits per heavy atom. The van der Waals surface area contributed by atoms with Crippen molar-refractivity contribution in [1.82, 2.24) is 5.32 Å². The van der Waals surface area contributed by atoms with Crippen LogP contribution in [-0.4, -0.2) is 25.8 Å². The molecule has 0 fully saturated rings. The first-order valence-electron chi connectivity index (χ1n) is 5.21. The van der Waals surface area contributed by atoms with Crippen LogP contribution in [0.25, 0.3) is 6.08 Å². The van der Waals surface area contributed by atoms with Gasteiger partial charge in [0.15, 0.2) is 6.29 Å². The number of hydrogen-bond donors (Lipinski definition) is 1. The Bertz CT molecular complexity index is 438. The third-order valence-electron chi connectivity index (χ3n) is 2.19. The molecule has 1 aromatic carbocycles. The number of carbonyl (C=O) groups excluding carboxylic acids is 2. The van der Waals surface area contributed by atoms with Crippen LogP contribution in [0.15, 0.2) is 24.3 Å². The Balaban J connectivity index is 2.80. The molecule has 90 valence electrons. The number of methoxy groups -OCH3 is 1. The zero-order valence-corrected chi connectivity index (χ0v) is 9.90. The molecule has 1 N–H and O–H groups in total. The minimum atomic E-state index is -0.0871. The van der Waals surface area contributed by atoms with Crippen LogP contribution in [0.2, 0.25) is 0 Å². The van der Waals surface area contributed by atoms with Crippen molar-refractivity contribution in [2.45, 2.75) is 6.92 Å². The van der Waals surface area contributed by atoms with E-state index in [2.05, 4.69) is 5.32 Å². The lowest BCUT2D eigenvalue weighted by atomic mass is 10.1. The fourth-order valence-corrected chi connectivity index (χ4v) is 1.32. The summed E-state index contributed by atoms with van der Waals surface area (Å²) in [6.45, 7) is 1.89. The Labute approximate surface area is 100 Å². The fourth-order valence-electron chi connectivity index (χ4n) is 1.32. The third kappa shape index (κ3) is 4.10. The zero-order chi connectivity index (χ0) is 12.7. The van der Waals surface area contributed by atoms with Crippen LogP contribution in [0.3, 0.4) is 0 Å². The van der Waals surface area contributed by atoms with Crippen LogP contribution in [0.5, 0.6) is 5.75 Å². The summed E-state index contributed by atoms with van der Waals surface area (Å²) in [6.07, 6.45) is 4.35. The van der Waals surface area contributed by atoms with Crippen molar-refractivity contribution in [3.8, 4) is 5.75 Å². The van der Waals surface area contributed by atoms with Gasteiger partial charge >= 0.3 is 0 Å². The molecule has 0 atom stereocenters. The van der Waals surface area contributed by atoms with Gasteiger partial charge in [-0.05, 0) is 23.8 Å². The van der Waals surface area contributed by atoms with Crippen LogP contribution in [0.4, 0.5) is 0 Å². The standard InChI is InChI=1S/C13H15NO3/c1-10(16)14-7-3-4-11-8-13(17-2)6-5-12(11)9-15/h3-6,8-9H,7H2,1-2H3,(H,14,16). The molecule has 0 aliphatic heterocycles. The summed E-state index contributed by atoms with van der Waals surface area (Å²) >= 11 is 0. The average Bonchev–Trinajstić information content (AvgIpc) is 2.34. The highest BCUT2D eigenvalue weighted by molar-refractivity contribution is 5.82. The highest BCUT2D eigenvalue weighted by Gasteiger charge is 2.00. The van der Waals surface area contributed by atoms with Gasteiger partial charge in [-0.25, -0.2) is 0 Å². The smallest absolute Gasteiger partial charge is 0.217 e. The zero-order valence-electron chi connectivity index (χ0n) is 9.90. The number of benzene rings is 1. The predicted octanol–water partition coefficient (Wildman–Crippen LogP) is 1.66. The number of amides is 1. The van der Waals surface area contributed by atoms with E-state index in [9.17, 15) is 9.59 Å². The molecule has 0 aromatic heterocycles. The van der Waals surface area contributed by atoms with Crippen LogP contribution in [0, 0.1) is 0 Å². The van der Waals surface area contributed by atoms with Gasteiger partial charge in [-0.15, -0.1) is 0 Å². The van der Waals surface area contributed by atoms with Gasteiger partial charge in [-0.2, -0.15) is 0 Å². The van der Waals surface area contributed by atoms with E-state index >= 15 is 0 Å². The van der Waals surface area contributed by atoms with E-state index in [0.717, 1.165) is 11.8 Å². The van der Waals surface area contributed by atoms with Crippen molar-refractivity contribution >= 4 is 18.3 Å². The molecule has 0 spiro atoms. The SMILES string of the molecule is COc1ccc(C=O)c(C=CCNC(C)=O)c1. The van der Waals surface area contributed by atoms with Gasteiger partial charge in [-0.3, -0.25) is 9.59 Å². The number of hydrogen-bond acceptors (Lipinski definition) is 3. The quantitative estimate of drug-likeness (QED) is 0.787. The molecule has 0 heterocycles. The second-order valence-corrected chi connectivity index (χ2v) is 3.45. The second kappa shape index (κ2) is 6.48. The summed E-state index contributed by atoms with van der Waals surface area (Å²) in [5.74, 6) is 0.602. The Kier molecular flexibility index (Phi) is 4.94. The van der Waals surface area contributed by atoms with E-state index in [1.807, 2.05) is 0 Å². The molecule has 0 unspecified atom stereocenters. The Hall–Kier alpha value is -2.10. The molecular formula is C13H15NO3. The summed E-state index contributed by atoms with van der Waals surface area (Å²) in [4.78, 5) is 21.5. The molecule has 1 rings (SSSR count). The Morgan fingerprint density at radius 1 is 1.41 bits per heavy atom. The highest BCUT2D eigenvalue weighted by atomic mass is 16.5. The summed E-state index contributed by atoms with van der Waals surface area (Å²) < 4.78 is 5.08. The van der Waals surface area contributed by atoms with Crippen LogP contribution < -0.4 is 10.1 Å². The monoisotopic (exact) mass is 233 g/mol. The van der Waals surface area contributed by atoms with E-state index in [1.165, 1.54) is 6.92 Å². The van der Waals surface area contributed by atoms with Gasteiger partial charge in [0, 0.05) is 19.0 Å². The molecule has 4 heteroatoms. The van der Waals surface area contributed by atoms with Gasteiger partial charge in [0.1, 0.15) is 5.75 Å². The molecule has 17 heavy (non-hydrogen) atoms. The number of aldehydes is 1. The number of ether oxygens (including phenoxy) is 1. The van der Waals surface area contributed by atoms with Crippen molar-refractivity contribution in [2.75, 3.05) is 13.7 Å². The first kappa shape index (κ1) is 13.0. The van der Waals surface area contributed by atoms with Crippen LogP contribution in [0.1, 0.15) is 22.8 Å². The normalized spacial score (nSPS) is 10.2. The molecule has 1 amide bonds. The fraction of sp³-hybridized carbons (Fsp3) is 0.231. The maximum atomic E-state index is 10.8. The minimum Gasteiger partial charge on any atom is -0.497 e. The Morgan fingerprint density at radius 2 is 2.18 bits per heavy atom. The lowest BCUT2D eigenvalue weighted by Gasteiger charge is -2.03. The first-order valence-corrected chi connectivity index (χ1v) is 5.21. The molecular weight excluding hydrogens is 218 g/mol. The van der Waals surface area contributed by atoms with Crippen molar-refractivity contribution in [3.05, 3.63) is 35.4 Å². The molecule has 0 saturated carbocycles. The predicted molar refractivity (Wildman–Crippen MR) is 66.1 cm³/mol. The maximum absolute atomic E-state index is 10.8. The lowest BCUT2D eigenvalue weighted by molar-refractivity contribution is -0.118. The number of nitrogens with one attached hydrogen (secondary N) is 1. The van der Waals surface area contributed by atoms with E-state index in [0.29, 0.717) is 17.9 Å². The van der Waals surface area contributed by atoms with Gasteiger partial charge in [0.05, 0.1) is 7.11 Å². The minimum absolute atomic E-state index is 0.0871. The molecule has 0 radical (unpaired) electrons.